The van der Waals surface area contributed by atoms with Crippen LogP contribution in [0, 0.1) is 0 Å². The summed E-state index contributed by atoms with van der Waals surface area (Å²) in [5, 5.41) is 7.25. The molecule has 1 aromatic rings. The highest BCUT2D eigenvalue weighted by Crippen LogP contribution is 2.12. The van der Waals surface area contributed by atoms with Crippen molar-refractivity contribution < 1.29 is 4.52 Å². The number of aromatic nitrogens is 1. The summed E-state index contributed by atoms with van der Waals surface area (Å²) >= 11 is 0. The van der Waals surface area contributed by atoms with Crippen LogP contribution in [0.15, 0.2) is 16.9 Å². The summed E-state index contributed by atoms with van der Waals surface area (Å²) in [7, 11) is 2.03. The fourth-order valence-electron chi connectivity index (χ4n) is 1.98. The molecule has 0 radical (unpaired) electrons. The monoisotopic (exact) mass is 195 g/mol. The largest absolute Gasteiger partial charge is 0.364 e. The second-order valence-corrected chi connectivity index (χ2v) is 3.85. The van der Waals surface area contributed by atoms with Crippen LogP contribution in [0.3, 0.4) is 0 Å². The Morgan fingerprint density at radius 3 is 3.36 bits per heavy atom. The maximum Gasteiger partial charge on any atom is 0.124 e. The van der Waals surface area contributed by atoms with Crippen LogP contribution in [0.25, 0.3) is 0 Å². The number of nitrogens with zero attached hydrogens (tertiary/aromatic N) is 2. The first-order chi connectivity index (χ1) is 6.88. The molecule has 1 atom stereocenters. The van der Waals surface area contributed by atoms with Crippen LogP contribution in [0.1, 0.15) is 18.5 Å². The zero-order valence-corrected chi connectivity index (χ0v) is 8.57. The average Bonchev–Trinajstić information content (AvgIpc) is 2.71. The Bertz CT molecular complexity index is 260. The second-order valence-electron chi connectivity index (χ2n) is 3.85. The molecule has 0 aliphatic carbocycles. The van der Waals surface area contributed by atoms with Crippen LogP contribution in [0.4, 0.5) is 0 Å². The average molecular weight is 195 g/mol. The summed E-state index contributed by atoms with van der Waals surface area (Å²) in [5.41, 5.74) is 1.03. The number of piperidine rings is 1. The molecule has 0 spiro atoms. The lowest BCUT2D eigenvalue weighted by Crippen LogP contribution is -2.43. The van der Waals surface area contributed by atoms with Gasteiger partial charge < -0.3 is 9.84 Å². The van der Waals surface area contributed by atoms with Crippen molar-refractivity contribution in [2.75, 3.05) is 20.1 Å². The maximum atomic E-state index is 4.82. The van der Waals surface area contributed by atoms with E-state index in [2.05, 4.69) is 15.4 Å². The molecule has 14 heavy (non-hydrogen) atoms. The van der Waals surface area contributed by atoms with E-state index in [1.54, 1.807) is 6.26 Å². The first kappa shape index (κ1) is 9.68. The molecule has 4 nitrogen and oxygen atoms in total. The summed E-state index contributed by atoms with van der Waals surface area (Å²) in [5.74, 6) is 0. The Hall–Kier alpha value is -0.870. The van der Waals surface area contributed by atoms with Crippen LogP contribution in [0.2, 0.25) is 0 Å². The highest BCUT2D eigenvalue weighted by Gasteiger charge is 2.18. The van der Waals surface area contributed by atoms with E-state index < -0.39 is 0 Å². The molecular formula is C10H17N3O. The van der Waals surface area contributed by atoms with Gasteiger partial charge in [-0.3, -0.25) is 4.90 Å². The molecule has 78 valence electrons. The number of nitrogens with one attached hydrogen (secondary N) is 1. The molecule has 0 bridgehead atoms. The quantitative estimate of drug-likeness (QED) is 0.776. The fraction of sp³-hybridized carbons (Fsp3) is 0.700. The van der Waals surface area contributed by atoms with E-state index in [1.807, 2.05) is 13.1 Å². The first-order valence-electron chi connectivity index (χ1n) is 5.17. The van der Waals surface area contributed by atoms with Gasteiger partial charge in [-0.15, -0.1) is 0 Å². The van der Waals surface area contributed by atoms with E-state index in [-0.39, 0.29) is 0 Å². The third kappa shape index (κ3) is 2.33. The molecule has 1 unspecified atom stereocenters. The van der Waals surface area contributed by atoms with E-state index in [1.165, 1.54) is 19.4 Å². The summed E-state index contributed by atoms with van der Waals surface area (Å²) in [6, 6.07) is 2.57. The lowest BCUT2D eigenvalue weighted by Gasteiger charge is -2.31. The van der Waals surface area contributed by atoms with Crippen LogP contribution in [-0.4, -0.2) is 36.2 Å². The van der Waals surface area contributed by atoms with Crippen LogP contribution in [0.5, 0.6) is 0 Å². The minimum Gasteiger partial charge on any atom is -0.364 e. The second kappa shape index (κ2) is 4.57. The van der Waals surface area contributed by atoms with E-state index in [0.717, 1.165) is 18.8 Å². The zero-order valence-electron chi connectivity index (χ0n) is 8.57. The van der Waals surface area contributed by atoms with Crippen LogP contribution >= 0.6 is 0 Å². The van der Waals surface area contributed by atoms with Crippen molar-refractivity contribution in [2.24, 2.45) is 0 Å². The van der Waals surface area contributed by atoms with Crippen molar-refractivity contribution in [1.82, 2.24) is 15.4 Å². The number of hydrogen-bond acceptors (Lipinski definition) is 4. The molecule has 0 aromatic carbocycles. The van der Waals surface area contributed by atoms with E-state index in [0.29, 0.717) is 6.04 Å². The Labute approximate surface area is 84.3 Å². The van der Waals surface area contributed by atoms with Crippen molar-refractivity contribution in [3.63, 3.8) is 0 Å². The van der Waals surface area contributed by atoms with Gasteiger partial charge in [-0.05, 0) is 26.4 Å². The van der Waals surface area contributed by atoms with Crippen LogP contribution in [-0.2, 0) is 6.54 Å². The third-order valence-corrected chi connectivity index (χ3v) is 2.79. The predicted molar refractivity (Wildman–Crippen MR) is 53.9 cm³/mol. The molecule has 1 aromatic heterocycles. The van der Waals surface area contributed by atoms with Crippen molar-refractivity contribution in [1.29, 1.82) is 0 Å². The van der Waals surface area contributed by atoms with Crippen LogP contribution < -0.4 is 5.32 Å². The van der Waals surface area contributed by atoms with Gasteiger partial charge in [0.2, 0.25) is 0 Å². The SMILES string of the molecule is CNC1CCCN(Cc2ccon2)C1. The number of rotatable bonds is 3. The first-order valence-corrected chi connectivity index (χ1v) is 5.17. The number of likely N-dealkylation sites (tertiary alicyclic amines) is 1. The standard InChI is InChI=1S/C10H17N3O/c1-11-9-3-2-5-13(7-9)8-10-4-6-14-12-10/h4,6,9,11H,2-3,5,7-8H2,1H3. The van der Waals surface area contributed by atoms with Crippen molar-refractivity contribution in [3.05, 3.63) is 18.0 Å². The normalized spacial score (nSPS) is 23.9. The summed E-state index contributed by atoms with van der Waals surface area (Å²) in [4.78, 5) is 2.42. The Morgan fingerprint density at radius 2 is 2.64 bits per heavy atom. The molecule has 1 N–H and O–H groups in total. The van der Waals surface area contributed by atoms with Crippen molar-refractivity contribution in [2.45, 2.75) is 25.4 Å². The maximum absolute atomic E-state index is 4.82. The summed E-state index contributed by atoms with van der Waals surface area (Å²) in [6.07, 6.45) is 4.18. The Kier molecular flexibility index (Phi) is 3.16. The number of likely N-dealkylation sites (N-methyl/N-ethyl adjacent to an activating group) is 1. The minimum absolute atomic E-state index is 0.635. The zero-order chi connectivity index (χ0) is 9.80. The molecule has 1 aliphatic heterocycles. The smallest absolute Gasteiger partial charge is 0.124 e. The summed E-state index contributed by atoms with van der Waals surface area (Å²) < 4.78 is 4.82. The van der Waals surface area contributed by atoms with E-state index >= 15 is 0 Å². The van der Waals surface area contributed by atoms with Crippen molar-refractivity contribution >= 4 is 0 Å². The van der Waals surface area contributed by atoms with Gasteiger partial charge in [0.15, 0.2) is 0 Å². The molecule has 0 saturated carbocycles. The number of hydrogen-bond donors (Lipinski definition) is 1. The van der Waals surface area contributed by atoms with Gasteiger partial charge in [-0.2, -0.15) is 0 Å². The van der Waals surface area contributed by atoms with E-state index in [4.69, 9.17) is 4.52 Å². The van der Waals surface area contributed by atoms with Gasteiger partial charge in [-0.25, -0.2) is 0 Å². The third-order valence-electron chi connectivity index (χ3n) is 2.79. The van der Waals surface area contributed by atoms with Gasteiger partial charge in [-0.1, -0.05) is 5.16 Å². The van der Waals surface area contributed by atoms with Crippen molar-refractivity contribution in [3.8, 4) is 0 Å². The Morgan fingerprint density at radius 1 is 1.71 bits per heavy atom. The molecule has 0 amide bonds. The fourth-order valence-corrected chi connectivity index (χ4v) is 1.98. The van der Waals surface area contributed by atoms with Gasteiger partial charge >= 0.3 is 0 Å². The molecule has 2 heterocycles. The minimum atomic E-state index is 0.635. The van der Waals surface area contributed by atoms with Gasteiger partial charge in [0.1, 0.15) is 6.26 Å². The molecular weight excluding hydrogens is 178 g/mol. The molecule has 2 rings (SSSR count). The molecule has 4 heteroatoms. The highest BCUT2D eigenvalue weighted by atomic mass is 16.5. The lowest BCUT2D eigenvalue weighted by atomic mass is 10.1. The Balaban J connectivity index is 1.86. The lowest BCUT2D eigenvalue weighted by molar-refractivity contribution is 0.183. The van der Waals surface area contributed by atoms with Gasteiger partial charge in [0.05, 0.1) is 5.69 Å². The predicted octanol–water partition coefficient (Wildman–Crippen LogP) is 0.858. The van der Waals surface area contributed by atoms with Gasteiger partial charge in [0.25, 0.3) is 0 Å². The summed E-state index contributed by atoms with van der Waals surface area (Å²) in [6.45, 7) is 3.20. The van der Waals surface area contributed by atoms with E-state index in [9.17, 15) is 0 Å². The highest BCUT2D eigenvalue weighted by molar-refractivity contribution is 4.95. The molecule has 1 saturated heterocycles. The topological polar surface area (TPSA) is 41.3 Å². The van der Waals surface area contributed by atoms with Gasteiger partial charge in [0, 0.05) is 25.2 Å². The molecule has 1 fully saturated rings. The molecule has 1 aliphatic rings.